The van der Waals surface area contributed by atoms with Gasteiger partial charge in [0.05, 0.1) is 0 Å². The number of hydrogen-bond donors (Lipinski definition) is 0. The van der Waals surface area contributed by atoms with E-state index in [2.05, 4.69) is 38.7 Å². The largest absolute Gasteiger partial charge is 0.462 e. The van der Waals surface area contributed by atoms with Gasteiger partial charge in [0.25, 0.3) is 0 Å². The van der Waals surface area contributed by atoms with Crippen molar-refractivity contribution in [2.45, 2.75) is 125 Å². The number of ether oxygens (including phenoxy) is 2. The minimum absolute atomic E-state index is 0.0136. The summed E-state index contributed by atoms with van der Waals surface area (Å²) in [6, 6.07) is 0.210. The van der Waals surface area contributed by atoms with Crippen LogP contribution in [-0.2, 0) is 23.9 Å². The minimum Gasteiger partial charge on any atom is -0.462 e. The van der Waals surface area contributed by atoms with Crippen LogP contribution in [0.3, 0.4) is 0 Å². The van der Waals surface area contributed by atoms with E-state index in [1.807, 2.05) is 0 Å². The number of rotatable bonds is 4. The monoisotopic (exact) mass is 541 g/mol. The van der Waals surface area contributed by atoms with E-state index in [0.29, 0.717) is 23.7 Å². The van der Waals surface area contributed by atoms with Crippen LogP contribution >= 0.6 is 0 Å². The van der Waals surface area contributed by atoms with Crippen LogP contribution < -0.4 is 0 Å². The number of piperidine rings is 1. The van der Waals surface area contributed by atoms with Gasteiger partial charge in [0.15, 0.2) is 0 Å². The molecule has 6 heteroatoms. The van der Waals surface area contributed by atoms with E-state index in [1.54, 1.807) is 13.8 Å². The summed E-state index contributed by atoms with van der Waals surface area (Å²) in [5, 5.41) is 0. The normalized spacial score (nSPS) is 44.3. The van der Waals surface area contributed by atoms with Gasteiger partial charge in [-0.25, -0.2) is 0 Å². The second kappa shape index (κ2) is 10.5. The Bertz CT molecular complexity index is 1020. The first kappa shape index (κ1) is 28.7. The zero-order valence-corrected chi connectivity index (χ0v) is 25.3. The van der Waals surface area contributed by atoms with Crippen molar-refractivity contribution in [1.82, 2.24) is 4.90 Å². The summed E-state index contributed by atoms with van der Waals surface area (Å²) in [4.78, 5) is 38.9. The lowest BCUT2D eigenvalue weighted by atomic mass is 9.46. The molecular formula is C33H51NO5. The molecule has 11 atom stereocenters. The van der Waals surface area contributed by atoms with Crippen LogP contribution in [-0.4, -0.2) is 47.5 Å². The summed E-state index contributed by atoms with van der Waals surface area (Å²) in [6.45, 7) is 15.2. The van der Waals surface area contributed by atoms with Crippen molar-refractivity contribution in [1.29, 1.82) is 0 Å². The average molecular weight is 542 g/mol. The number of amides is 1. The van der Waals surface area contributed by atoms with E-state index >= 15 is 0 Å². The highest BCUT2D eigenvalue weighted by atomic mass is 16.5. The van der Waals surface area contributed by atoms with Gasteiger partial charge in [0.1, 0.15) is 12.2 Å². The molecule has 0 aromatic rings. The van der Waals surface area contributed by atoms with E-state index < -0.39 is 0 Å². The smallest absolute Gasteiger partial charge is 0.302 e. The molecule has 1 aliphatic heterocycles. The van der Waals surface area contributed by atoms with Crippen LogP contribution in [0.15, 0.2) is 11.6 Å². The molecule has 4 aliphatic carbocycles. The Morgan fingerprint density at radius 2 is 1.69 bits per heavy atom. The van der Waals surface area contributed by atoms with Crippen LogP contribution in [0.25, 0.3) is 0 Å². The van der Waals surface area contributed by atoms with Crippen molar-refractivity contribution in [2.75, 3.05) is 6.54 Å². The van der Waals surface area contributed by atoms with Gasteiger partial charge in [-0.2, -0.15) is 0 Å². The van der Waals surface area contributed by atoms with Crippen LogP contribution in [0, 0.1) is 46.3 Å². The lowest BCUT2D eigenvalue weighted by Crippen LogP contribution is -2.55. The fourth-order valence-electron chi connectivity index (χ4n) is 10.6. The third-order valence-corrected chi connectivity index (χ3v) is 12.2. The standard InChI is InChI=1S/C33H51NO5/c1-19-8-11-29(34(18-19)21(3)35)20(2)31-30(39-23(5)37)17-28-26-10-9-24-16-25(38-22(4)36)12-14-32(24,6)27(26)13-15-33(28,31)7/h9,19-20,25-31H,8,10-18H2,1-7H3/t19-,20+,25-,26+,27-,28-,29-,30+,31-,32-,33-/m0/s1. The van der Waals surface area contributed by atoms with Gasteiger partial charge in [0.2, 0.25) is 5.91 Å². The average Bonchev–Trinajstić information content (AvgIpc) is 3.14. The SMILES string of the molecule is CC(=O)O[C@H]1CC[C@@]2(C)C(=CC[C@H]3[C@@H]4C[C@@H](OC(C)=O)[C@H]([C@H](C)[C@@H]5CC[C@H](C)CN5C(C)=O)[C@@]4(C)CC[C@@H]32)C1. The number of esters is 2. The highest BCUT2D eigenvalue weighted by Crippen LogP contribution is 2.68. The van der Waals surface area contributed by atoms with Crippen molar-refractivity contribution in [3.63, 3.8) is 0 Å². The van der Waals surface area contributed by atoms with Gasteiger partial charge in [-0.05, 0) is 91.8 Å². The molecule has 5 aliphatic rings. The number of hydrogen-bond acceptors (Lipinski definition) is 5. The number of nitrogens with zero attached hydrogens (tertiary/aromatic N) is 1. The highest BCUT2D eigenvalue weighted by Gasteiger charge is 2.63. The van der Waals surface area contributed by atoms with Gasteiger partial charge < -0.3 is 14.4 Å². The fraction of sp³-hybridized carbons (Fsp3) is 0.848. The van der Waals surface area contributed by atoms with Crippen LogP contribution in [0.5, 0.6) is 0 Å². The number of carbonyl (C=O) groups excluding carboxylic acids is 3. The zero-order chi connectivity index (χ0) is 28.3. The molecule has 4 fully saturated rings. The quantitative estimate of drug-likeness (QED) is 0.308. The second-order valence-electron chi connectivity index (χ2n) is 14.5. The van der Waals surface area contributed by atoms with Gasteiger partial charge >= 0.3 is 11.9 Å². The van der Waals surface area contributed by atoms with E-state index in [1.165, 1.54) is 18.9 Å². The minimum atomic E-state index is -0.182. The number of allylic oxidation sites excluding steroid dienone is 1. The lowest BCUT2D eigenvalue weighted by molar-refractivity contribution is -0.154. The summed E-state index contributed by atoms with van der Waals surface area (Å²) >= 11 is 0. The lowest BCUT2D eigenvalue weighted by Gasteiger charge is -2.58. The van der Waals surface area contributed by atoms with Crippen molar-refractivity contribution in [3.05, 3.63) is 11.6 Å². The summed E-state index contributed by atoms with van der Waals surface area (Å²) in [5.74, 6) is 2.58. The predicted molar refractivity (Wildman–Crippen MR) is 150 cm³/mol. The Morgan fingerprint density at radius 1 is 0.974 bits per heavy atom. The van der Waals surface area contributed by atoms with E-state index in [0.717, 1.165) is 57.9 Å². The maximum absolute atomic E-state index is 12.7. The Balaban J connectivity index is 1.43. The number of fused-ring (bicyclic) bond motifs is 5. The van der Waals surface area contributed by atoms with E-state index in [-0.39, 0.29) is 58.8 Å². The van der Waals surface area contributed by atoms with E-state index in [9.17, 15) is 14.4 Å². The van der Waals surface area contributed by atoms with Crippen molar-refractivity contribution < 1.29 is 23.9 Å². The molecule has 5 rings (SSSR count). The molecule has 39 heavy (non-hydrogen) atoms. The molecule has 0 spiro atoms. The van der Waals surface area contributed by atoms with Gasteiger partial charge in [-0.15, -0.1) is 0 Å². The van der Waals surface area contributed by atoms with E-state index in [4.69, 9.17) is 9.47 Å². The third kappa shape index (κ3) is 4.96. The van der Waals surface area contributed by atoms with Crippen LogP contribution in [0.2, 0.25) is 0 Å². The Morgan fingerprint density at radius 3 is 2.36 bits per heavy atom. The van der Waals surface area contributed by atoms with Crippen molar-refractivity contribution in [3.8, 4) is 0 Å². The molecular weight excluding hydrogens is 490 g/mol. The van der Waals surface area contributed by atoms with Gasteiger partial charge in [-0.1, -0.05) is 39.3 Å². The van der Waals surface area contributed by atoms with Crippen LogP contribution in [0.4, 0.5) is 0 Å². The number of likely N-dealkylation sites (tertiary alicyclic amines) is 1. The molecule has 0 aromatic heterocycles. The molecule has 1 saturated heterocycles. The highest BCUT2D eigenvalue weighted by molar-refractivity contribution is 5.73. The summed E-state index contributed by atoms with van der Waals surface area (Å²) < 4.78 is 11.8. The first-order valence-electron chi connectivity index (χ1n) is 15.7. The molecule has 218 valence electrons. The Kier molecular flexibility index (Phi) is 7.74. The topological polar surface area (TPSA) is 72.9 Å². The van der Waals surface area contributed by atoms with Gasteiger partial charge in [0, 0.05) is 45.7 Å². The molecule has 0 N–H and O–H groups in total. The predicted octanol–water partition coefficient (Wildman–Crippen LogP) is 6.32. The van der Waals surface area contributed by atoms with Crippen molar-refractivity contribution in [2.24, 2.45) is 46.3 Å². The summed E-state index contributed by atoms with van der Waals surface area (Å²) in [7, 11) is 0. The van der Waals surface area contributed by atoms with Gasteiger partial charge in [-0.3, -0.25) is 14.4 Å². The first-order chi connectivity index (χ1) is 18.3. The van der Waals surface area contributed by atoms with Crippen molar-refractivity contribution >= 4 is 17.8 Å². The molecule has 1 amide bonds. The Hall–Kier alpha value is -1.85. The Labute approximate surface area is 235 Å². The maximum Gasteiger partial charge on any atom is 0.302 e. The third-order valence-electron chi connectivity index (χ3n) is 12.2. The molecule has 0 bridgehead atoms. The molecule has 1 heterocycles. The maximum atomic E-state index is 12.7. The van der Waals surface area contributed by atoms with Crippen LogP contribution in [0.1, 0.15) is 106 Å². The molecule has 6 nitrogen and oxygen atoms in total. The zero-order valence-electron chi connectivity index (χ0n) is 25.3. The second-order valence-corrected chi connectivity index (χ2v) is 14.5. The molecule has 0 aromatic carbocycles. The summed E-state index contributed by atoms with van der Waals surface area (Å²) in [5.41, 5.74) is 1.74. The summed E-state index contributed by atoms with van der Waals surface area (Å²) in [6.07, 6.45) is 11.8. The molecule has 0 unspecified atom stereocenters. The molecule has 0 radical (unpaired) electrons. The number of carbonyl (C=O) groups is 3. The first-order valence-corrected chi connectivity index (χ1v) is 15.7. The molecule has 3 saturated carbocycles. The fourth-order valence-corrected chi connectivity index (χ4v) is 10.6.